The summed E-state index contributed by atoms with van der Waals surface area (Å²) in [4.78, 5) is 26.4. The zero-order valence-corrected chi connectivity index (χ0v) is 16.5. The predicted molar refractivity (Wildman–Crippen MR) is 112 cm³/mol. The van der Waals surface area contributed by atoms with Crippen LogP contribution in [0.4, 0.5) is 0 Å². The molecule has 1 saturated heterocycles. The lowest BCUT2D eigenvalue weighted by Crippen LogP contribution is -2.29. The molecule has 0 radical (unpaired) electrons. The van der Waals surface area contributed by atoms with E-state index in [1.54, 1.807) is 35.2 Å². The number of carbonyl (C=O) groups excluding carboxylic acids is 2. The lowest BCUT2D eigenvalue weighted by atomic mass is 10.1. The van der Waals surface area contributed by atoms with Crippen molar-refractivity contribution in [1.29, 1.82) is 0 Å². The quantitative estimate of drug-likeness (QED) is 0.413. The molecule has 0 spiro atoms. The van der Waals surface area contributed by atoms with Gasteiger partial charge in [0.1, 0.15) is 4.32 Å². The number of thioether (sulfide) groups is 1. The van der Waals surface area contributed by atoms with E-state index in [0.717, 1.165) is 18.4 Å². The normalized spacial score (nSPS) is 15.4. The van der Waals surface area contributed by atoms with Crippen LogP contribution in [0.3, 0.4) is 0 Å². The lowest BCUT2D eigenvalue weighted by Gasteiger charge is -2.14. The van der Waals surface area contributed by atoms with Crippen molar-refractivity contribution in [2.24, 2.45) is 0 Å². The number of benzene rings is 2. The van der Waals surface area contributed by atoms with Crippen molar-refractivity contribution in [2.75, 3.05) is 13.7 Å². The first-order valence-corrected chi connectivity index (χ1v) is 9.78. The Morgan fingerprint density at radius 2 is 1.85 bits per heavy atom. The number of hydrogen-bond donors (Lipinski definition) is 0. The zero-order chi connectivity index (χ0) is 19.2. The summed E-state index contributed by atoms with van der Waals surface area (Å²) in [6.07, 6.45) is 3.57. The van der Waals surface area contributed by atoms with Crippen molar-refractivity contribution < 1.29 is 14.3 Å². The topological polar surface area (TPSA) is 46.6 Å². The summed E-state index contributed by atoms with van der Waals surface area (Å²) in [6, 6.07) is 17.1. The summed E-state index contributed by atoms with van der Waals surface area (Å²) < 4.78 is 5.28. The monoisotopic (exact) mass is 397 g/mol. The van der Waals surface area contributed by atoms with Gasteiger partial charge in [-0.2, -0.15) is 0 Å². The van der Waals surface area contributed by atoms with E-state index in [2.05, 4.69) is 16.9 Å². The second-order valence-corrected chi connectivity index (χ2v) is 7.71. The number of amides is 1. The molecule has 27 heavy (non-hydrogen) atoms. The van der Waals surface area contributed by atoms with Crippen LogP contribution in [0, 0.1) is 0 Å². The second kappa shape index (κ2) is 8.97. The van der Waals surface area contributed by atoms with Crippen molar-refractivity contribution in [3.05, 3.63) is 76.2 Å². The highest BCUT2D eigenvalue weighted by atomic mass is 32.2. The molecule has 0 atom stereocenters. The van der Waals surface area contributed by atoms with Crippen LogP contribution in [-0.4, -0.2) is 34.8 Å². The van der Waals surface area contributed by atoms with Crippen LogP contribution >= 0.6 is 24.0 Å². The van der Waals surface area contributed by atoms with Crippen molar-refractivity contribution >= 4 is 46.3 Å². The Labute approximate surface area is 168 Å². The minimum Gasteiger partial charge on any atom is -0.465 e. The molecule has 3 rings (SSSR count). The van der Waals surface area contributed by atoms with Gasteiger partial charge in [0.2, 0.25) is 0 Å². The molecular formula is C21H19NO3S2. The number of rotatable bonds is 6. The van der Waals surface area contributed by atoms with Crippen LogP contribution in [0.5, 0.6) is 0 Å². The van der Waals surface area contributed by atoms with Crippen LogP contribution in [0.25, 0.3) is 6.08 Å². The first-order chi connectivity index (χ1) is 13.1. The summed E-state index contributed by atoms with van der Waals surface area (Å²) in [5.41, 5.74) is 2.57. The molecule has 138 valence electrons. The first kappa shape index (κ1) is 19.3. The maximum atomic E-state index is 12.7. The fourth-order valence-corrected chi connectivity index (χ4v) is 4.07. The molecular weight excluding hydrogens is 378 g/mol. The van der Waals surface area contributed by atoms with E-state index in [1.165, 1.54) is 24.4 Å². The van der Waals surface area contributed by atoms with E-state index in [9.17, 15) is 9.59 Å². The predicted octanol–water partition coefficient (Wildman–Crippen LogP) is 4.31. The average Bonchev–Trinajstić information content (AvgIpc) is 2.96. The Balaban J connectivity index is 1.62. The minimum atomic E-state index is -0.383. The molecule has 2 aromatic rings. The van der Waals surface area contributed by atoms with Crippen LogP contribution in [0.15, 0.2) is 59.5 Å². The highest BCUT2D eigenvalue weighted by molar-refractivity contribution is 8.26. The van der Waals surface area contributed by atoms with E-state index >= 15 is 0 Å². The van der Waals surface area contributed by atoms with Gasteiger partial charge in [-0.1, -0.05) is 66.4 Å². The number of methoxy groups -OCH3 is 1. The van der Waals surface area contributed by atoms with E-state index in [4.69, 9.17) is 12.2 Å². The van der Waals surface area contributed by atoms with E-state index in [-0.39, 0.29) is 11.9 Å². The van der Waals surface area contributed by atoms with Crippen molar-refractivity contribution in [1.82, 2.24) is 4.90 Å². The van der Waals surface area contributed by atoms with E-state index in [1.807, 2.05) is 18.2 Å². The molecule has 6 heteroatoms. The molecule has 4 nitrogen and oxygen atoms in total. The number of hydrogen-bond acceptors (Lipinski definition) is 5. The number of thiocarbonyl (C=S) groups is 1. The summed E-state index contributed by atoms with van der Waals surface area (Å²) in [5.74, 6) is -0.443. The van der Waals surface area contributed by atoms with Gasteiger partial charge in [0.05, 0.1) is 17.6 Å². The van der Waals surface area contributed by atoms with Gasteiger partial charge in [0.25, 0.3) is 5.91 Å². The molecule has 1 amide bonds. The van der Waals surface area contributed by atoms with Gasteiger partial charge in [0, 0.05) is 6.54 Å². The van der Waals surface area contributed by atoms with Crippen molar-refractivity contribution in [3.63, 3.8) is 0 Å². The molecule has 1 aliphatic heterocycles. The third-order valence-corrected chi connectivity index (χ3v) is 5.57. The second-order valence-electron chi connectivity index (χ2n) is 6.04. The number of aryl methyl sites for hydroxylation is 1. The molecule has 0 bridgehead atoms. The van der Waals surface area contributed by atoms with Crippen LogP contribution < -0.4 is 0 Å². The lowest BCUT2D eigenvalue weighted by molar-refractivity contribution is -0.122. The standard InChI is InChI=1S/C21H19NO3S2/c1-25-20(24)17-11-9-16(10-12-17)14-18-19(23)22(21(26)27-18)13-5-8-15-6-3-2-4-7-15/h2-4,6-7,9-12,14H,5,8,13H2,1H3/b18-14-. The Morgan fingerprint density at radius 1 is 1.15 bits per heavy atom. The number of nitrogens with zero attached hydrogens (tertiary/aromatic N) is 1. The van der Waals surface area contributed by atoms with Gasteiger partial charge in [-0.25, -0.2) is 4.79 Å². The highest BCUT2D eigenvalue weighted by Crippen LogP contribution is 2.32. The Bertz CT molecular complexity index is 876. The molecule has 0 aliphatic carbocycles. The van der Waals surface area contributed by atoms with Crippen LogP contribution in [0.1, 0.15) is 27.9 Å². The molecule has 1 fully saturated rings. The summed E-state index contributed by atoms with van der Waals surface area (Å²) in [6.45, 7) is 0.609. The smallest absolute Gasteiger partial charge is 0.337 e. The zero-order valence-electron chi connectivity index (χ0n) is 14.9. The fourth-order valence-electron chi connectivity index (χ4n) is 2.76. The average molecular weight is 398 g/mol. The number of ether oxygens (including phenoxy) is 1. The van der Waals surface area contributed by atoms with Gasteiger partial charge in [-0.05, 0) is 42.2 Å². The molecule has 2 aromatic carbocycles. The largest absolute Gasteiger partial charge is 0.465 e. The highest BCUT2D eigenvalue weighted by Gasteiger charge is 2.31. The molecule has 0 N–H and O–H groups in total. The van der Waals surface area contributed by atoms with Gasteiger partial charge < -0.3 is 4.74 Å². The first-order valence-electron chi connectivity index (χ1n) is 8.56. The van der Waals surface area contributed by atoms with Gasteiger partial charge in [-0.15, -0.1) is 0 Å². The van der Waals surface area contributed by atoms with E-state index < -0.39 is 0 Å². The molecule has 0 saturated carbocycles. The van der Waals surface area contributed by atoms with Crippen LogP contribution in [0.2, 0.25) is 0 Å². The summed E-state index contributed by atoms with van der Waals surface area (Å²) >= 11 is 6.69. The Hall–Kier alpha value is -2.44. The number of esters is 1. The maximum absolute atomic E-state index is 12.7. The molecule has 0 unspecified atom stereocenters. The van der Waals surface area contributed by atoms with E-state index in [0.29, 0.717) is 21.3 Å². The fraction of sp³-hybridized carbons (Fsp3) is 0.190. The third-order valence-electron chi connectivity index (χ3n) is 4.19. The van der Waals surface area contributed by atoms with Crippen LogP contribution in [-0.2, 0) is 16.0 Å². The molecule has 1 aliphatic rings. The molecule has 0 aromatic heterocycles. The Morgan fingerprint density at radius 3 is 2.52 bits per heavy atom. The maximum Gasteiger partial charge on any atom is 0.337 e. The van der Waals surface area contributed by atoms with Crippen molar-refractivity contribution in [3.8, 4) is 0 Å². The summed E-state index contributed by atoms with van der Waals surface area (Å²) in [7, 11) is 1.35. The number of carbonyl (C=O) groups is 2. The van der Waals surface area contributed by atoms with Gasteiger partial charge >= 0.3 is 5.97 Å². The Kier molecular flexibility index (Phi) is 6.42. The van der Waals surface area contributed by atoms with Gasteiger partial charge in [-0.3, -0.25) is 9.69 Å². The van der Waals surface area contributed by atoms with Gasteiger partial charge in [0.15, 0.2) is 0 Å². The summed E-state index contributed by atoms with van der Waals surface area (Å²) in [5, 5.41) is 0. The minimum absolute atomic E-state index is 0.0601. The molecule has 1 heterocycles. The van der Waals surface area contributed by atoms with Crippen molar-refractivity contribution in [2.45, 2.75) is 12.8 Å². The third kappa shape index (κ3) is 4.84. The SMILES string of the molecule is COC(=O)c1ccc(/C=C2\SC(=S)N(CCCc3ccccc3)C2=O)cc1.